The maximum atomic E-state index is 13.0. The predicted octanol–water partition coefficient (Wildman–Crippen LogP) is 2.87. The van der Waals surface area contributed by atoms with Crippen LogP contribution in [-0.2, 0) is 28.8 Å². The van der Waals surface area contributed by atoms with Gasteiger partial charge in [0.15, 0.2) is 11.2 Å². The Morgan fingerprint density at radius 2 is 1.86 bits per heavy atom. The number of carbonyl (C=O) groups is 2. The fourth-order valence-electron chi connectivity index (χ4n) is 3.38. The van der Waals surface area contributed by atoms with E-state index in [1.165, 1.54) is 41.1 Å². The van der Waals surface area contributed by atoms with E-state index in [1.54, 1.807) is 6.92 Å². The molecule has 0 saturated carbocycles. The summed E-state index contributed by atoms with van der Waals surface area (Å²) in [5.74, 6) is -1.01. The molecule has 36 heavy (non-hydrogen) atoms. The van der Waals surface area contributed by atoms with Gasteiger partial charge in [0.2, 0.25) is 5.91 Å². The number of carbonyl (C=O) groups excluding carboxylic acids is 2. The summed E-state index contributed by atoms with van der Waals surface area (Å²) >= 11 is 0. The van der Waals surface area contributed by atoms with Gasteiger partial charge in [-0.05, 0) is 48.9 Å². The number of alkyl halides is 3. The molecule has 4 aromatic rings. The maximum absolute atomic E-state index is 13.0. The average Bonchev–Trinajstić information content (AvgIpc) is 3.24. The number of ether oxygens (including phenoxy) is 1. The van der Waals surface area contributed by atoms with Gasteiger partial charge in [0.05, 0.1) is 24.3 Å². The summed E-state index contributed by atoms with van der Waals surface area (Å²) in [5, 5.41) is 10.2. The molecule has 2 aromatic carbocycles. The summed E-state index contributed by atoms with van der Waals surface area (Å²) in [5.41, 5.74) is -0.462. The molecular formula is C23H19F3N6O4. The largest absolute Gasteiger partial charge is 0.462 e. The van der Waals surface area contributed by atoms with Gasteiger partial charge in [0.25, 0.3) is 5.56 Å². The molecule has 0 fully saturated rings. The Balaban J connectivity index is 1.47. The fraction of sp³-hybridized carbons (Fsp3) is 0.217. The Kier molecular flexibility index (Phi) is 6.81. The molecule has 0 aliphatic heterocycles. The summed E-state index contributed by atoms with van der Waals surface area (Å²) in [4.78, 5) is 41.0. The van der Waals surface area contributed by atoms with Gasteiger partial charge >= 0.3 is 12.1 Å². The third-order valence-electron chi connectivity index (χ3n) is 5.07. The van der Waals surface area contributed by atoms with Crippen LogP contribution >= 0.6 is 0 Å². The third kappa shape index (κ3) is 5.40. The molecule has 1 N–H and O–H groups in total. The normalized spacial score (nSPS) is 11.4. The second-order valence-corrected chi connectivity index (χ2v) is 7.64. The highest BCUT2D eigenvalue weighted by atomic mass is 19.4. The first-order valence-electron chi connectivity index (χ1n) is 10.7. The number of rotatable bonds is 7. The van der Waals surface area contributed by atoms with E-state index in [-0.39, 0.29) is 30.9 Å². The van der Waals surface area contributed by atoms with E-state index in [4.69, 9.17) is 4.74 Å². The van der Waals surface area contributed by atoms with Gasteiger partial charge in [-0.25, -0.2) is 14.5 Å². The molecule has 0 saturated heterocycles. The number of benzene rings is 2. The molecule has 4 rings (SSSR count). The first-order chi connectivity index (χ1) is 17.2. The van der Waals surface area contributed by atoms with E-state index in [0.717, 1.165) is 23.0 Å². The Bertz CT molecular complexity index is 1480. The summed E-state index contributed by atoms with van der Waals surface area (Å²) in [6.07, 6.45) is -3.35. The van der Waals surface area contributed by atoms with Crippen LogP contribution in [0.4, 0.5) is 18.9 Å². The Labute approximate surface area is 201 Å². The molecule has 0 bridgehead atoms. The van der Waals surface area contributed by atoms with Crippen LogP contribution in [0.3, 0.4) is 0 Å². The fourth-order valence-corrected chi connectivity index (χ4v) is 3.38. The minimum Gasteiger partial charge on any atom is -0.462 e. The second kappa shape index (κ2) is 9.98. The molecule has 186 valence electrons. The number of nitrogens with zero attached hydrogens (tertiary/aromatic N) is 5. The number of hydrogen-bond acceptors (Lipinski definition) is 7. The van der Waals surface area contributed by atoms with E-state index in [2.05, 4.69) is 20.6 Å². The van der Waals surface area contributed by atoms with Crippen LogP contribution in [0.2, 0.25) is 0 Å². The zero-order valence-electron chi connectivity index (χ0n) is 18.8. The highest BCUT2D eigenvalue weighted by Gasteiger charge is 2.30. The quantitative estimate of drug-likeness (QED) is 0.388. The van der Waals surface area contributed by atoms with Gasteiger partial charge in [-0.2, -0.15) is 13.2 Å². The summed E-state index contributed by atoms with van der Waals surface area (Å²) in [6, 6.07) is 10.7. The standard InChI is InChI=1S/C23H19F3N6O4/c1-2-36-22(35)15-6-8-17(9-7-15)28-18(33)12-31-13-27-20-19(21(31)34)29-30-32(20)11-14-4-3-5-16(10-14)23(24,25)26/h3-10,13H,2,11-12H2,1H3,(H,28,33). The molecule has 13 heteroatoms. The smallest absolute Gasteiger partial charge is 0.416 e. The molecule has 0 atom stereocenters. The maximum Gasteiger partial charge on any atom is 0.416 e. The zero-order chi connectivity index (χ0) is 25.9. The van der Waals surface area contributed by atoms with Crippen LogP contribution in [0.5, 0.6) is 0 Å². The molecule has 2 aromatic heterocycles. The number of esters is 1. The third-order valence-corrected chi connectivity index (χ3v) is 5.07. The van der Waals surface area contributed by atoms with Crippen molar-refractivity contribution < 1.29 is 27.5 Å². The highest BCUT2D eigenvalue weighted by Crippen LogP contribution is 2.29. The molecule has 0 aliphatic carbocycles. The van der Waals surface area contributed by atoms with Crippen molar-refractivity contribution in [2.24, 2.45) is 0 Å². The molecule has 10 nitrogen and oxygen atoms in total. The van der Waals surface area contributed by atoms with E-state index in [1.807, 2.05) is 0 Å². The number of halogens is 3. The molecule has 0 radical (unpaired) electrons. The van der Waals surface area contributed by atoms with Crippen LogP contribution in [-0.4, -0.2) is 43.0 Å². The molecular weight excluding hydrogens is 481 g/mol. The molecule has 0 unspecified atom stereocenters. The molecule has 0 aliphatic rings. The Morgan fingerprint density at radius 3 is 2.56 bits per heavy atom. The van der Waals surface area contributed by atoms with Crippen molar-refractivity contribution in [3.63, 3.8) is 0 Å². The lowest BCUT2D eigenvalue weighted by Crippen LogP contribution is -2.28. The first kappa shape index (κ1) is 24.6. The predicted molar refractivity (Wildman–Crippen MR) is 121 cm³/mol. The number of aromatic nitrogens is 5. The van der Waals surface area contributed by atoms with Gasteiger partial charge in [-0.15, -0.1) is 5.10 Å². The van der Waals surface area contributed by atoms with E-state index in [0.29, 0.717) is 16.8 Å². The van der Waals surface area contributed by atoms with Crippen molar-refractivity contribution in [2.75, 3.05) is 11.9 Å². The lowest BCUT2D eigenvalue weighted by molar-refractivity contribution is -0.137. The van der Waals surface area contributed by atoms with Crippen molar-refractivity contribution in [3.05, 3.63) is 81.9 Å². The topological polar surface area (TPSA) is 121 Å². The van der Waals surface area contributed by atoms with E-state index >= 15 is 0 Å². The van der Waals surface area contributed by atoms with Crippen LogP contribution in [0.15, 0.2) is 59.7 Å². The van der Waals surface area contributed by atoms with Gasteiger partial charge in [-0.3, -0.25) is 14.2 Å². The zero-order valence-corrected chi connectivity index (χ0v) is 18.8. The minimum absolute atomic E-state index is 0.0728. The highest BCUT2D eigenvalue weighted by molar-refractivity contribution is 5.93. The minimum atomic E-state index is -4.49. The summed E-state index contributed by atoms with van der Waals surface area (Å²) < 4.78 is 46.1. The average molecular weight is 500 g/mol. The van der Waals surface area contributed by atoms with E-state index < -0.39 is 29.2 Å². The number of fused-ring (bicyclic) bond motifs is 1. The second-order valence-electron chi connectivity index (χ2n) is 7.64. The lowest BCUT2D eigenvalue weighted by atomic mass is 10.1. The molecule has 2 heterocycles. The summed E-state index contributed by atoms with van der Waals surface area (Å²) in [6.45, 7) is 1.47. The number of amides is 1. The van der Waals surface area contributed by atoms with Crippen molar-refractivity contribution in [3.8, 4) is 0 Å². The Morgan fingerprint density at radius 1 is 1.11 bits per heavy atom. The van der Waals surface area contributed by atoms with E-state index in [9.17, 15) is 27.6 Å². The lowest BCUT2D eigenvalue weighted by Gasteiger charge is -2.09. The number of anilines is 1. The van der Waals surface area contributed by atoms with Crippen LogP contribution in [0.25, 0.3) is 11.2 Å². The van der Waals surface area contributed by atoms with Gasteiger partial charge in [0.1, 0.15) is 12.9 Å². The van der Waals surface area contributed by atoms with Gasteiger partial charge < -0.3 is 10.1 Å². The molecule has 0 spiro atoms. The van der Waals surface area contributed by atoms with Crippen LogP contribution in [0, 0.1) is 0 Å². The Hall–Kier alpha value is -4.55. The van der Waals surface area contributed by atoms with Crippen molar-refractivity contribution in [1.29, 1.82) is 0 Å². The molecule has 1 amide bonds. The van der Waals surface area contributed by atoms with Crippen molar-refractivity contribution in [1.82, 2.24) is 24.5 Å². The van der Waals surface area contributed by atoms with Crippen molar-refractivity contribution >= 4 is 28.7 Å². The first-order valence-corrected chi connectivity index (χ1v) is 10.7. The van der Waals surface area contributed by atoms with Crippen molar-refractivity contribution in [2.45, 2.75) is 26.2 Å². The number of hydrogen-bond donors (Lipinski definition) is 1. The SMILES string of the molecule is CCOC(=O)c1ccc(NC(=O)Cn2cnc3c(nnn3Cc3cccc(C(F)(F)F)c3)c2=O)cc1. The van der Waals surface area contributed by atoms with Gasteiger partial charge in [0, 0.05) is 5.69 Å². The van der Waals surface area contributed by atoms with Crippen LogP contribution in [0.1, 0.15) is 28.4 Å². The number of nitrogens with one attached hydrogen (secondary N) is 1. The monoisotopic (exact) mass is 500 g/mol. The van der Waals surface area contributed by atoms with Crippen LogP contribution < -0.4 is 10.9 Å². The summed E-state index contributed by atoms with van der Waals surface area (Å²) in [7, 11) is 0. The van der Waals surface area contributed by atoms with Gasteiger partial charge in [-0.1, -0.05) is 17.3 Å².